The molecule has 9 atom stereocenters. The first-order chi connectivity index (χ1) is 25.0. The molecule has 53 heavy (non-hydrogen) atoms. The van der Waals surface area contributed by atoms with Crippen LogP contribution in [0.3, 0.4) is 0 Å². The third-order valence-electron chi connectivity index (χ3n) is 15.4. The van der Waals surface area contributed by atoms with E-state index in [1.165, 1.54) is 87.0 Å². The third-order valence-corrected chi connectivity index (χ3v) is 15.4. The van der Waals surface area contributed by atoms with Gasteiger partial charge in [0.25, 0.3) is 0 Å². The first kappa shape index (κ1) is 41.5. The molecule has 0 radical (unpaired) electrons. The molecule has 0 saturated heterocycles. The van der Waals surface area contributed by atoms with Gasteiger partial charge in [-0.1, -0.05) is 121 Å². The van der Waals surface area contributed by atoms with Crippen molar-refractivity contribution < 1.29 is 19.4 Å². The van der Waals surface area contributed by atoms with Crippen molar-refractivity contribution in [3.63, 3.8) is 0 Å². The molecule has 3 fully saturated rings. The number of allylic oxidation sites excluding steroid dienone is 11. The highest BCUT2D eigenvalue weighted by Gasteiger charge is 2.59. The molecule has 3 saturated carbocycles. The summed E-state index contributed by atoms with van der Waals surface area (Å²) in [6.07, 6.45) is 29.8. The highest BCUT2D eigenvalue weighted by molar-refractivity contribution is 5.86. The maximum absolute atomic E-state index is 13.1. The largest absolute Gasteiger partial charge is 0.478 e. The summed E-state index contributed by atoms with van der Waals surface area (Å²) < 4.78 is 5.74. The van der Waals surface area contributed by atoms with Gasteiger partial charge in [0, 0.05) is 12.0 Å². The Bertz CT molecular complexity index is 1530. The molecule has 1 unspecified atom stereocenters. The molecule has 5 aliphatic rings. The molecule has 0 amide bonds. The standard InChI is InChI=1S/C49H74O4/c1-32(2)14-11-17-36(6)41-23-24-42-39-21-20-38-31-37(25-28-48(38,9)43(39)26-29-49(41,42)10)45(46(51)52)53-44(50)30-34(4)16-12-15-33(3)19-22-40-35(5)18-13-27-47(40,7)8/h12,15-16,19-20,22,30,32,36-37,39,41-43,45H,11,13-14,17-18,21,23-29,31H2,1-10H3,(H,51,52)/b16-12+,22-19+,33-15-,34-30+/t36-,37+,39+,41-,42+,43+,45?,48+,49-/m1/s1. The summed E-state index contributed by atoms with van der Waals surface area (Å²) in [6, 6.07) is 0. The van der Waals surface area contributed by atoms with Gasteiger partial charge < -0.3 is 9.84 Å². The molecular weight excluding hydrogens is 653 g/mol. The fourth-order valence-electron chi connectivity index (χ4n) is 12.3. The Morgan fingerprint density at radius 3 is 2.40 bits per heavy atom. The number of carbonyl (C=O) groups excluding carboxylic acids is 1. The van der Waals surface area contributed by atoms with Gasteiger partial charge in [0.05, 0.1) is 0 Å². The highest BCUT2D eigenvalue weighted by atomic mass is 16.6. The minimum Gasteiger partial charge on any atom is -0.478 e. The molecule has 0 spiro atoms. The van der Waals surface area contributed by atoms with E-state index in [-0.39, 0.29) is 16.7 Å². The smallest absolute Gasteiger partial charge is 0.345 e. The molecule has 0 aromatic heterocycles. The van der Waals surface area contributed by atoms with Gasteiger partial charge in [-0.2, -0.15) is 0 Å². The van der Waals surface area contributed by atoms with Crippen molar-refractivity contribution in [2.75, 3.05) is 0 Å². The third kappa shape index (κ3) is 9.27. The molecule has 0 aromatic rings. The first-order valence-electron chi connectivity index (χ1n) is 21.5. The van der Waals surface area contributed by atoms with Crippen LogP contribution in [-0.2, 0) is 14.3 Å². The van der Waals surface area contributed by atoms with E-state index in [4.69, 9.17) is 4.74 Å². The molecule has 0 aliphatic heterocycles. The lowest BCUT2D eigenvalue weighted by Crippen LogP contribution is -2.51. The zero-order valence-corrected chi connectivity index (χ0v) is 35.2. The second-order valence-corrected chi connectivity index (χ2v) is 19.9. The van der Waals surface area contributed by atoms with Crippen LogP contribution in [0, 0.1) is 57.7 Å². The summed E-state index contributed by atoms with van der Waals surface area (Å²) in [5.41, 5.74) is 7.01. The Balaban J connectivity index is 1.19. The van der Waals surface area contributed by atoms with E-state index < -0.39 is 18.0 Å². The van der Waals surface area contributed by atoms with E-state index in [1.54, 1.807) is 0 Å². The van der Waals surface area contributed by atoms with Crippen LogP contribution >= 0.6 is 0 Å². The van der Waals surface area contributed by atoms with Crippen LogP contribution in [0.25, 0.3) is 0 Å². The Labute approximate surface area is 323 Å². The predicted molar refractivity (Wildman–Crippen MR) is 220 cm³/mol. The molecule has 0 bridgehead atoms. The lowest BCUT2D eigenvalue weighted by atomic mass is 9.46. The van der Waals surface area contributed by atoms with Gasteiger partial charge in [-0.15, -0.1) is 0 Å². The van der Waals surface area contributed by atoms with Crippen molar-refractivity contribution in [2.45, 2.75) is 165 Å². The minimum atomic E-state index is -1.13. The van der Waals surface area contributed by atoms with Crippen LogP contribution in [-0.4, -0.2) is 23.1 Å². The van der Waals surface area contributed by atoms with Crippen molar-refractivity contribution >= 4 is 11.9 Å². The van der Waals surface area contributed by atoms with E-state index >= 15 is 0 Å². The molecule has 4 nitrogen and oxygen atoms in total. The van der Waals surface area contributed by atoms with Gasteiger partial charge in [0.2, 0.25) is 6.10 Å². The van der Waals surface area contributed by atoms with E-state index in [0.29, 0.717) is 11.3 Å². The SMILES string of the molecule is CC1=C(/C=C/C(C)=C\C=C\C(C)=C\C(=O)OC(C(=O)O)[C@H]2CC[C@@]3(C)C(=CC[C@H]4[C@@H]5CC[C@H]([C@H](C)CCCC(C)C)[C@@]5(C)CC[C@@H]43)C2)C(C)(C)CCC1. The van der Waals surface area contributed by atoms with E-state index in [2.05, 4.69) is 80.5 Å². The Hall–Kier alpha value is -2.62. The lowest BCUT2D eigenvalue weighted by molar-refractivity contribution is -0.166. The number of carbonyl (C=O) groups is 2. The number of fused-ring (bicyclic) bond motifs is 5. The second-order valence-electron chi connectivity index (χ2n) is 19.9. The van der Waals surface area contributed by atoms with Crippen molar-refractivity contribution in [2.24, 2.45) is 57.7 Å². The Morgan fingerprint density at radius 1 is 0.943 bits per heavy atom. The van der Waals surface area contributed by atoms with Crippen LogP contribution < -0.4 is 0 Å². The molecule has 4 heteroatoms. The molecule has 294 valence electrons. The monoisotopic (exact) mass is 727 g/mol. The predicted octanol–water partition coefficient (Wildman–Crippen LogP) is 13.2. The molecular formula is C49H74O4. The van der Waals surface area contributed by atoms with Crippen molar-refractivity contribution in [1.82, 2.24) is 0 Å². The van der Waals surface area contributed by atoms with Gasteiger partial charge in [-0.3, -0.25) is 0 Å². The van der Waals surface area contributed by atoms with Gasteiger partial charge in [0.15, 0.2) is 0 Å². The number of aliphatic carboxylic acids is 1. The number of hydrogen-bond acceptors (Lipinski definition) is 3. The van der Waals surface area contributed by atoms with E-state index in [9.17, 15) is 14.7 Å². The number of rotatable bonds is 13. The summed E-state index contributed by atoms with van der Waals surface area (Å²) in [4.78, 5) is 25.6. The van der Waals surface area contributed by atoms with Gasteiger partial charge in [-0.25, -0.2) is 9.59 Å². The summed E-state index contributed by atoms with van der Waals surface area (Å²) in [7, 11) is 0. The van der Waals surface area contributed by atoms with Gasteiger partial charge >= 0.3 is 11.9 Å². The molecule has 0 heterocycles. The summed E-state index contributed by atoms with van der Waals surface area (Å²) in [5, 5.41) is 10.3. The highest BCUT2D eigenvalue weighted by Crippen LogP contribution is 2.67. The average molecular weight is 727 g/mol. The molecule has 5 aliphatic carbocycles. The van der Waals surface area contributed by atoms with Crippen molar-refractivity contribution in [1.29, 1.82) is 0 Å². The van der Waals surface area contributed by atoms with E-state index in [0.717, 1.165) is 66.4 Å². The summed E-state index contributed by atoms with van der Waals surface area (Å²) in [5.74, 6) is 2.85. The topological polar surface area (TPSA) is 63.6 Å². The van der Waals surface area contributed by atoms with Crippen molar-refractivity contribution in [3.05, 3.63) is 70.4 Å². The van der Waals surface area contributed by atoms with Gasteiger partial charge in [-0.05, 0) is 154 Å². The number of ether oxygens (including phenoxy) is 1. The maximum Gasteiger partial charge on any atom is 0.345 e. The maximum atomic E-state index is 13.1. The van der Waals surface area contributed by atoms with Crippen molar-refractivity contribution in [3.8, 4) is 0 Å². The van der Waals surface area contributed by atoms with E-state index in [1.807, 2.05) is 25.2 Å². The minimum absolute atomic E-state index is 0.124. The fraction of sp³-hybridized carbons (Fsp3) is 0.714. The lowest BCUT2D eigenvalue weighted by Gasteiger charge is -2.58. The molecule has 1 N–H and O–H groups in total. The summed E-state index contributed by atoms with van der Waals surface area (Å²) >= 11 is 0. The number of carboxylic acids is 1. The number of esters is 1. The van der Waals surface area contributed by atoms with Crippen LogP contribution in [0.2, 0.25) is 0 Å². The van der Waals surface area contributed by atoms with Crippen LogP contribution in [0.1, 0.15) is 159 Å². The first-order valence-corrected chi connectivity index (χ1v) is 21.5. The van der Waals surface area contributed by atoms with Gasteiger partial charge in [0.1, 0.15) is 0 Å². The quantitative estimate of drug-likeness (QED) is 0.0888. The second kappa shape index (κ2) is 17.0. The number of carboxylic acid groups (broad SMARTS) is 1. The average Bonchev–Trinajstić information content (AvgIpc) is 3.43. The Kier molecular flexibility index (Phi) is 13.3. The normalized spacial score (nSPS) is 34.5. The molecule has 0 aromatic carbocycles. The van der Waals surface area contributed by atoms with Crippen LogP contribution in [0.5, 0.6) is 0 Å². The fourth-order valence-corrected chi connectivity index (χ4v) is 12.3. The summed E-state index contributed by atoms with van der Waals surface area (Å²) in [6.45, 7) is 23.2. The van der Waals surface area contributed by atoms with Crippen LogP contribution in [0.15, 0.2) is 70.4 Å². The zero-order valence-electron chi connectivity index (χ0n) is 35.2. The zero-order chi connectivity index (χ0) is 38.7. The van der Waals surface area contributed by atoms with Crippen LogP contribution in [0.4, 0.5) is 0 Å². The number of hydrogen-bond donors (Lipinski definition) is 1. The molecule has 5 rings (SSSR count). The Morgan fingerprint density at radius 2 is 1.70 bits per heavy atom.